The van der Waals surface area contributed by atoms with Gasteiger partial charge in [0.2, 0.25) is 5.09 Å². The van der Waals surface area contributed by atoms with E-state index in [2.05, 4.69) is 4.72 Å². The number of aliphatic hydroxyl groups is 1. The molecule has 4 N–H and O–H groups in total. The van der Waals surface area contributed by atoms with Crippen LogP contribution in [0.25, 0.3) is 0 Å². The molecule has 1 rings (SSSR count). The number of hydrogen-bond acceptors (Lipinski definition) is 5. The average Bonchev–Trinajstić information content (AvgIpc) is 2.86. The summed E-state index contributed by atoms with van der Waals surface area (Å²) in [6.07, 6.45) is 2.41. The lowest BCUT2D eigenvalue weighted by molar-refractivity contribution is 0.251. The fourth-order valence-corrected chi connectivity index (χ4v) is 2.91. The van der Waals surface area contributed by atoms with Crippen molar-refractivity contribution in [2.24, 2.45) is 11.7 Å². The lowest BCUT2D eigenvalue weighted by Crippen LogP contribution is -2.29. The number of rotatable bonds is 9. The molecule has 0 radical (unpaired) electrons. The highest BCUT2D eigenvalue weighted by atomic mass is 32.2. The zero-order valence-electron chi connectivity index (χ0n) is 11.1. The lowest BCUT2D eigenvalue weighted by Gasteiger charge is -2.15. The highest BCUT2D eigenvalue weighted by Gasteiger charge is 2.20. The predicted octanol–water partition coefficient (Wildman–Crippen LogP) is 0.815. The van der Waals surface area contributed by atoms with E-state index in [0.717, 1.165) is 12.8 Å². The van der Waals surface area contributed by atoms with Gasteiger partial charge in [0.1, 0.15) is 5.76 Å². The normalized spacial score (nSPS) is 13.6. The summed E-state index contributed by atoms with van der Waals surface area (Å²) in [5, 5.41) is 8.82. The summed E-state index contributed by atoms with van der Waals surface area (Å²) in [4.78, 5) is 0. The van der Waals surface area contributed by atoms with Crippen LogP contribution >= 0.6 is 0 Å². The van der Waals surface area contributed by atoms with Crippen molar-refractivity contribution in [2.75, 3.05) is 13.2 Å². The third-order valence-electron chi connectivity index (χ3n) is 2.90. The maximum atomic E-state index is 12.0. The van der Waals surface area contributed by atoms with Crippen molar-refractivity contribution < 1.29 is 17.9 Å². The molecule has 6 nitrogen and oxygen atoms in total. The molecule has 0 aliphatic rings. The predicted molar refractivity (Wildman–Crippen MR) is 71.9 cm³/mol. The molecule has 7 heteroatoms. The van der Waals surface area contributed by atoms with Crippen LogP contribution in [0.4, 0.5) is 0 Å². The Balaban J connectivity index is 2.63. The van der Waals surface area contributed by atoms with Crippen molar-refractivity contribution in [3.05, 3.63) is 17.9 Å². The Kier molecular flexibility index (Phi) is 6.50. The maximum absolute atomic E-state index is 12.0. The van der Waals surface area contributed by atoms with Gasteiger partial charge in [0.15, 0.2) is 0 Å². The molecule has 0 bridgehead atoms. The molecule has 0 aliphatic carbocycles. The van der Waals surface area contributed by atoms with Crippen molar-refractivity contribution in [3.8, 4) is 0 Å². The molecule has 110 valence electrons. The minimum atomic E-state index is -3.64. The summed E-state index contributed by atoms with van der Waals surface area (Å²) < 4.78 is 31.6. The molecule has 1 unspecified atom stereocenters. The van der Waals surface area contributed by atoms with Crippen LogP contribution < -0.4 is 10.5 Å². The molecular weight excluding hydrogens is 268 g/mol. The molecule has 0 saturated carbocycles. The number of furan rings is 1. The van der Waals surface area contributed by atoms with E-state index >= 15 is 0 Å². The highest BCUT2D eigenvalue weighted by molar-refractivity contribution is 7.89. The van der Waals surface area contributed by atoms with Crippen LogP contribution in [0, 0.1) is 5.92 Å². The van der Waals surface area contributed by atoms with Crippen LogP contribution in [-0.4, -0.2) is 26.7 Å². The molecule has 19 heavy (non-hydrogen) atoms. The van der Waals surface area contributed by atoms with E-state index in [4.69, 9.17) is 15.3 Å². The van der Waals surface area contributed by atoms with E-state index in [1.807, 2.05) is 6.92 Å². The molecule has 0 spiro atoms. The van der Waals surface area contributed by atoms with Crippen LogP contribution in [0.1, 0.15) is 31.9 Å². The Morgan fingerprint density at radius 3 is 2.68 bits per heavy atom. The highest BCUT2D eigenvalue weighted by Crippen LogP contribution is 2.15. The molecule has 1 aromatic heterocycles. The summed E-state index contributed by atoms with van der Waals surface area (Å²) in [6.45, 7) is 2.55. The molecule has 0 aromatic carbocycles. The van der Waals surface area contributed by atoms with E-state index in [1.54, 1.807) is 6.07 Å². The quantitative estimate of drug-likeness (QED) is 0.624. The number of nitrogens with two attached hydrogens (primary N) is 1. The van der Waals surface area contributed by atoms with Gasteiger partial charge in [0.25, 0.3) is 10.0 Å². The Morgan fingerprint density at radius 2 is 2.16 bits per heavy atom. The first-order valence-electron chi connectivity index (χ1n) is 6.42. The Hall–Kier alpha value is -0.890. The third-order valence-corrected chi connectivity index (χ3v) is 4.20. The third kappa shape index (κ3) is 4.94. The van der Waals surface area contributed by atoms with E-state index in [0.29, 0.717) is 18.7 Å². The number of hydrogen-bond donors (Lipinski definition) is 3. The van der Waals surface area contributed by atoms with Gasteiger partial charge in [-0.3, -0.25) is 0 Å². The van der Waals surface area contributed by atoms with Crippen LogP contribution in [0.5, 0.6) is 0 Å². The van der Waals surface area contributed by atoms with E-state index in [-0.39, 0.29) is 24.2 Å². The van der Waals surface area contributed by atoms with E-state index in [9.17, 15) is 8.42 Å². The summed E-state index contributed by atoms with van der Waals surface area (Å²) in [6, 6.07) is 2.94. The van der Waals surface area contributed by atoms with Gasteiger partial charge < -0.3 is 15.3 Å². The first-order valence-corrected chi connectivity index (χ1v) is 7.91. The van der Waals surface area contributed by atoms with Gasteiger partial charge in [-0.2, -0.15) is 0 Å². The molecule has 0 amide bonds. The average molecular weight is 290 g/mol. The van der Waals surface area contributed by atoms with Crippen molar-refractivity contribution in [1.29, 1.82) is 0 Å². The molecule has 1 heterocycles. The second kappa shape index (κ2) is 7.64. The van der Waals surface area contributed by atoms with Gasteiger partial charge in [-0.15, -0.1) is 0 Å². The molecule has 1 aromatic rings. The Morgan fingerprint density at radius 1 is 1.42 bits per heavy atom. The maximum Gasteiger partial charge on any atom is 0.273 e. The lowest BCUT2D eigenvalue weighted by atomic mass is 10.0. The topological polar surface area (TPSA) is 106 Å². The van der Waals surface area contributed by atoms with Crippen molar-refractivity contribution in [3.63, 3.8) is 0 Å². The first-order chi connectivity index (χ1) is 9.03. The van der Waals surface area contributed by atoms with E-state index < -0.39 is 10.0 Å². The van der Waals surface area contributed by atoms with Crippen LogP contribution in [0.15, 0.2) is 21.6 Å². The first kappa shape index (κ1) is 16.2. The summed E-state index contributed by atoms with van der Waals surface area (Å²) in [5.41, 5.74) is 5.37. The molecule has 0 saturated heterocycles. The van der Waals surface area contributed by atoms with Crippen molar-refractivity contribution >= 4 is 10.0 Å². The standard InChI is InChI=1S/C12H22N2O4S/c1-2-3-10(6-7-15)9-14-19(16,17)12-5-4-11(8-13)18-12/h4-5,10,14-15H,2-3,6-9,13H2,1H3. The molecule has 0 aliphatic heterocycles. The van der Waals surface area contributed by atoms with Gasteiger partial charge >= 0.3 is 0 Å². The van der Waals surface area contributed by atoms with Crippen molar-refractivity contribution in [2.45, 2.75) is 37.8 Å². The minimum Gasteiger partial charge on any atom is -0.447 e. The largest absolute Gasteiger partial charge is 0.447 e. The Bertz CT molecular complexity index is 464. The van der Waals surface area contributed by atoms with Gasteiger partial charge in [-0.25, -0.2) is 13.1 Å². The second-order valence-corrected chi connectivity index (χ2v) is 6.14. The van der Waals surface area contributed by atoms with Crippen LogP contribution in [0.2, 0.25) is 0 Å². The number of sulfonamides is 1. The smallest absolute Gasteiger partial charge is 0.273 e. The number of aliphatic hydroxyl groups excluding tert-OH is 1. The zero-order valence-corrected chi connectivity index (χ0v) is 11.9. The SMILES string of the molecule is CCCC(CCO)CNS(=O)(=O)c1ccc(CN)o1. The van der Waals surface area contributed by atoms with Gasteiger partial charge in [0.05, 0.1) is 6.54 Å². The molecular formula is C12H22N2O4S. The van der Waals surface area contributed by atoms with Gasteiger partial charge in [0, 0.05) is 13.2 Å². The zero-order chi connectivity index (χ0) is 14.3. The van der Waals surface area contributed by atoms with Gasteiger partial charge in [-0.05, 0) is 30.9 Å². The summed E-state index contributed by atoms with van der Waals surface area (Å²) >= 11 is 0. The van der Waals surface area contributed by atoms with Gasteiger partial charge in [-0.1, -0.05) is 13.3 Å². The summed E-state index contributed by atoms with van der Waals surface area (Å²) in [5.74, 6) is 0.564. The van der Waals surface area contributed by atoms with E-state index in [1.165, 1.54) is 6.07 Å². The van der Waals surface area contributed by atoms with Crippen LogP contribution in [0.3, 0.4) is 0 Å². The van der Waals surface area contributed by atoms with Crippen LogP contribution in [-0.2, 0) is 16.6 Å². The minimum absolute atomic E-state index is 0.0600. The summed E-state index contributed by atoms with van der Waals surface area (Å²) in [7, 11) is -3.64. The number of nitrogens with one attached hydrogen (secondary N) is 1. The fourth-order valence-electron chi connectivity index (χ4n) is 1.85. The Labute approximate surface area is 114 Å². The van der Waals surface area contributed by atoms with Crippen molar-refractivity contribution in [1.82, 2.24) is 4.72 Å². The fraction of sp³-hybridized carbons (Fsp3) is 0.667. The second-order valence-electron chi connectivity index (χ2n) is 4.44. The molecule has 0 fully saturated rings. The monoisotopic (exact) mass is 290 g/mol. The molecule has 1 atom stereocenters.